The van der Waals surface area contributed by atoms with E-state index in [2.05, 4.69) is 113 Å². The Morgan fingerprint density at radius 1 is 0.676 bits per heavy atom. The van der Waals surface area contributed by atoms with Gasteiger partial charge in [0.05, 0.1) is 11.4 Å². The molecule has 3 heteroatoms. The highest BCUT2D eigenvalue weighted by molar-refractivity contribution is 6.17. The first kappa shape index (κ1) is 20.4. The van der Waals surface area contributed by atoms with Crippen LogP contribution in [-0.4, -0.2) is 4.98 Å². The van der Waals surface area contributed by atoms with E-state index in [0.717, 1.165) is 41.4 Å². The molecule has 1 aliphatic heterocycles. The lowest BCUT2D eigenvalue weighted by molar-refractivity contribution is 0.477. The Bertz CT molecular complexity index is 1860. The van der Waals surface area contributed by atoms with Crippen LogP contribution in [-0.2, 0) is 6.42 Å². The molecule has 0 unspecified atom stereocenters. The maximum absolute atomic E-state index is 6.38. The average Bonchev–Trinajstić information content (AvgIpc) is 3.35. The van der Waals surface area contributed by atoms with Gasteiger partial charge in [-0.05, 0) is 83.6 Å². The number of nitrogens with zero attached hydrogens (tertiary/aromatic N) is 1. The Hall–Kier alpha value is -4.76. The Morgan fingerprint density at radius 3 is 2.46 bits per heavy atom. The van der Waals surface area contributed by atoms with E-state index >= 15 is 0 Å². The van der Waals surface area contributed by atoms with Crippen LogP contribution in [0.3, 0.4) is 0 Å². The summed E-state index contributed by atoms with van der Waals surface area (Å²) in [6, 6.07) is 36.4. The van der Waals surface area contributed by atoms with Crippen LogP contribution in [0, 0.1) is 0 Å². The summed E-state index contributed by atoms with van der Waals surface area (Å²) in [7, 11) is 0. The van der Waals surface area contributed by atoms with Crippen molar-refractivity contribution in [3.05, 3.63) is 120 Å². The van der Waals surface area contributed by atoms with Crippen LogP contribution in [0.2, 0.25) is 0 Å². The predicted molar refractivity (Wildman–Crippen MR) is 153 cm³/mol. The molecule has 6 aromatic rings. The Kier molecular flexibility index (Phi) is 4.35. The Labute approximate surface area is 215 Å². The zero-order valence-electron chi connectivity index (χ0n) is 20.2. The SMILES string of the molecule is C1=Cc2c(ccc3[nH]c4cccc(-c5ccc6c(c5)N(c5ccccc5)c5ccccc5O6)c4c23)CC1. The van der Waals surface area contributed by atoms with Crippen molar-refractivity contribution in [2.24, 2.45) is 0 Å². The molecular weight excluding hydrogens is 452 g/mol. The molecule has 1 N–H and O–H groups in total. The number of fused-ring (bicyclic) bond motifs is 7. The van der Waals surface area contributed by atoms with E-state index in [9.17, 15) is 0 Å². The first-order valence-electron chi connectivity index (χ1n) is 12.8. The highest BCUT2D eigenvalue weighted by Crippen LogP contribution is 2.51. The third-order valence-electron chi connectivity index (χ3n) is 7.64. The van der Waals surface area contributed by atoms with Crippen LogP contribution >= 0.6 is 0 Å². The summed E-state index contributed by atoms with van der Waals surface area (Å²) in [6.07, 6.45) is 6.81. The van der Waals surface area contributed by atoms with Gasteiger partial charge in [-0.15, -0.1) is 0 Å². The number of aryl methyl sites for hydroxylation is 1. The highest BCUT2D eigenvalue weighted by Gasteiger charge is 2.26. The molecule has 5 aromatic carbocycles. The van der Waals surface area contributed by atoms with E-state index in [1.54, 1.807) is 0 Å². The number of aromatic nitrogens is 1. The van der Waals surface area contributed by atoms with Crippen molar-refractivity contribution in [1.29, 1.82) is 0 Å². The number of aromatic amines is 1. The zero-order chi connectivity index (χ0) is 24.3. The number of nitrogens with one attached hydrogen (secondary N) is 1. The largest absolute Gasteiger partial charge is 0.453 e. The molecule has 0 bridgehead atoms. The summed E-state index contributed by atoms with van der Waals surface area (Å²) in [6.45, 7) is 0. The normalized spacial score (nSPS) is 13.8. The smallest absolute Gasteiger partial charge is 0.151 e. The molecule has 0 saturated heterocycles. The third kappa shape index (κ3) is 3.07. The summed E-state index contributed by atoms with van der Waals surface area (Å²) in [5.41, 5.74) is 10.7. The molecule has 0 saturated carbocycles. The Balaban J connectivity index is 1.38. The first-order chi connectivity index (χ1) is 18.3. The van der Waals surface area contributed by atoms with Gasteiger partial charge in [-0.25, -0.2) is 0 Å². The number of ether oxygens (including phenoxy) is 1. The number of hydrogen-bond acceptors (Lipinski definition) is 2. The van der Waals surface area contributed by atoms with Crippen molar-refractivity contribution in [2.45, 2.75) is 12.8 Å². The van der Waals surface area contributed by atoms with E-state index in [1.807, 2.05) is 12.1 Å². The monoisotopic (exact) mass is 476 g/mol. The van der Waals surface area contributed by atoms with Gasteiger partial charge in [0.25, 0.3) is 0 Å². The van der Waals surface area contributed by atoms with Crippen LogP contribution in [0.1, 0.15) is 17.5 Å². The molecule has 0 fully saturated rings. The van der Waals surface area contributed by atoms with Crippen LogP contribution in [0.4, 0.5) is 17.1 Å². The van der Waals surface area contributed by atoms with Crippen molar-refractivity contribution in [2.75, 3.05) is 4.90 Å². The van der Waals surface area contributed by atoms with Gasteiger partial charge in [0.1, 0.15) is 0 Å². The number of H-pyrrole nitrogens is 1. The minimum absolute atomic E-state index is 0.859. The standard InChI is InChI=1S/C34H24N2O/c1-2-10-24(11-3-1)36-29-15-6-7-16-31(29)37-32-20-18-23(21-30(32)36)26-13-8-14-27-34(26)33-25-12-5-4-9-22(25)17-19-28(33)35-27/h1-3,5-8,10-21,35H,4,9H2. The molecule has 0 amide bonds. The van der Waals surface area contributed by atoms with E-state index in [-0.39, 0.29) is 0 Å². The predicted octanol–water partition coefficient (Wildman–Crippen LogP) is 9.52. The summed E-state index contributed by atoms with van der Waals surface area (Å²) < 4.78 is 6.38. The fourth-order valence-electron chi connectivity index (χ4n) is 5.97. The summed E-state index contributed by atoms with van der Waals surface area (Å²) in [5, 5.41) is 2.60. The topological polar surface area (TPSA) is 28.3 Å². The van der Waals surface area contributed by atoms with Gasteiger partial charge < -0.3 is 14.6 Å². The van der Waals surface area contributed by atoms with Crippen LogP contribution in [0.5, 0.6) is 11.5 Å². The quantitative estimate of drug-likeness (QED) is 0.269. The second-order valence-electron chi connectivity index (χ2n) is 9.78. The number of para-hydroxylation sites is 3. The summed E-state index contributed by atoms with van der Waals surface area (Å²) >= 11 is 0. The van der Waals surface area contributed by atoms with Crippen molar-refractivity contribution in [3.63, 3.8) is 0 Å². The van der Waals surface area contributed by atoms with E-state index in [4.69, 9.17) is 4.74 Å². The van der Waals surface area contributed by atoms with Crippen LogP contribution < -0.4 is 9.64 Å². The molecule has 37 heavy (non-hydrogen) atoms. The van der Waals surface area contributed by atoms with E-state index < -0.39 is 0 Å². The molecule has 0 radical (unpaired) electrons. The highest BCUT2D eigenvalue weighted by atomic mass is 16.5. The molecule has 1 aromatic heterocycles. The molecule has 0 atom stereocenters. The van der Waals surface area contributed by atoms with Crippen molar-refractivity contribution < 1.29 is 4.74 Å². The molecule has 0 spiro atoms. The van der Waals surface area contributed by atoms with Crippen molar-refractivity contribution in [1.82, 2.24) is 4.98 Å². The maximum Gasteiger partial charge on any atom is 0.151 e. The minimum atomic E-state index is 0.859. The Morgan fingerprint density at radius 2 is 1.51 bits per heavy atom. The lowest BCUT2D eigenvalue weighted by Crippen LogP contribution is -2.15. The van der Waals surface area contributed by atoms with E-state index in [0.29, 0.717) is 0 Å². The average molecular weight is 477 g/mol. The van der Waals surface area contributed by atoms with Crippen molar-refractivity contribution in [3.8, 4) is 22.6 Å². The zero-order valence-corrected chi connectivity index (χ0v) is 20.2. The van der Waals surface area contributed by atoms with Crippen molar-refractivity contribution >= 4 is 44.9 Å². The fraction of sp³-hybridized carbons (Fsp3) is 0.0588. The molecule has 3 nitrogen and oxygen atoms in total. The maximum atomic E-state index is 6.38. The van der Waals surface area contributed by atoms with Gasteiger partial charge in [-0.2, -0.15) is 0 Å². The minimum Gasteiger partial charge on any atom is -0.453 e. The lowest BCUT2D eigenvalue weighted by atomic mass is 9.91. The van der Waals surface area contributed by atoms with Crippen LogP contribution in [0.15, 0.2) is 109 Å². The molecule has 176 valence electrons. The summed E-state index contributed by atoms with van der Waals surface area (Å²) in [5.74, 6) is 1.72. The van der Waals surface area contributed by atoms with Crippen LogP contribution in [0.25, 0.3) is 39.0 Å². The molecule has 2 aliphatic rings. The van der Waals surface area contributed by atoms with Gasteiger partial charge >= 0.3 is 0 Å². The van der Waals surface area contributed by atoms with Gasteiger partial charge in [0.15, 0.2) is 11.5 Å². The third-order valence-corrected chi connectivity index (χ3v) is 7.64. The second-order valence-corrected chi connectivity index (χ2v) is 9.78. The lowest BCUT2D eigenvalue weighted by Gasteiger charge is -2.33. The van der Waals surface area contributed by atoms with Gasteiger partial charge in [-0.3, -0.25) is 0 Å². The number of benzene rings is 5. The van der Waals surface area contributed by atoms with Gasteiger partial charge in [0.2, 0.25) is 0 Å². The molecule has 8 rings (SSSR count). The number of rotatable bonds is 2. The molecular formula is C34H24N2O. The molecule has 2 heterocycles. The van der Waals surface area contributed by atoms with Gasteiger partial charge in [-0.1, -0.05) is 66.7 Å². The number of hydrogen-bond donors (Lipinski definition) is 1. The molecule has 1 aliphatic carbocycles. The second kappa shape index (κ2) is 7.87. The van der Waals surface area contributed by atoms with E-state index in [1.165, 1.54) is 44.1 Å². The first-order valence-corrected chi connectivity index (χ1v) is 12.8. The number of allylic oxidation sites excluding steroid dienone is 1. The fourth-order valence-corrected chi connectivity index (χ4v) is 5.97. The number of anilines is 3. The summed E-state index contributed by atoms with van der Waals surface area (Å²) in [4.78, 5) is 5.98. The van der Waals surface area contributed by atoms with Gasteiger partial charge in [0, 0.05) is 27.5 Å².